The van der Waals surface area contributed by atoms with E-state index in [0.717, 1.165) is 0 Å². The first-order valence-corrected chi connectivity index (χ1v) is 4.72. The predicted molar refractivity (Wildman–Crippen MR) is 49.7 cm³/mol. The molecule has 58 valence electrons. The summed E-state index contributed by atoms with van der Waals surface area (Å²) in [6.07, 6.45) is 0. The number of benzene rings is 1. The molecular weight excluding hydrogens is 202 g/mol. The Morgan fingerprint density at radius 1 is 1.18 bits per heavy atom. The van der Waals surface area contributed by atoms with Crippen LogP contribution in [0.15, 0.2) is 30.3 Å². The largest absolute Gasteiger partial charge is 0.285 e. The summed E-state index contributed by atoms with van der Waals surface area (Å²) in [5, 5.41) is 0. The van der Waals surface area contributed by atoms with Crippen LogP contribution in [0.5, 0.6) is 0 Å². The number of hydrogen-bond donors (Lipinski definition) is 0. The van der Waals surface area contributed by atoms with Crippen molar-refractivity contribution in [2.45, 2.75) is 4.95 Å². The minimum Gasteiger partial charge on any atom is -0.285 e. The molecule has 0 amide bonds. The fourth-order valence-corrected chi connectivity index (χ4v) is 1.82. The maximum atomic E-state index is 3.64. The summed E-state index contributed by atoms with van der Waals surface area (Å²) in [6, 6.07) is 10.5. The zero-order valence-electron chi connectivity index (χ0n) is 6.20. The molecule has 1 aliphatic rings. The highest BCUT2D eigenvalue weighted by Crippen LogP contribution is 2.31. The second-order valence-corrected chi connectivity index (χ2v) is 3.65. The van der Waals surface area contributed by atoms with Crippen LogP contribution in [0.1, 0.15) is 10.5 Å². The van der Waals surface area contributed by atoms with Gasteiger partial charge in [0.05, 0.1) is 4.95 Å². The lowest BCUT2D eigenvalue weighted by molar-refractivity contribution is 0.550. The van der Waals surface area contributed by atoms with Gasteiger partial charge in [-0.05, 0) is 5.56 Å². The molecule has 0 aromatic heterocycles. The van der Waals surface area contributed by atoms with Gasteiger partial charge in [-0.15, -0.1) is 0 Å². The highest BCUT2D eigenvalue weighted by atomic mass is 79.9. The first kappa shape index (κ1) is 7.32. The van der Waals surface area contributed by atoms with Gasteiger partial charge in [0.1, 0.15) is 0 Å². The van der Waals surface area contributed by atoms with E-state index in [1.54, 1.807) is 0 Å². The van der Waals surface area contributed by atoms with Gasteiger partial charge in [-0.1, -0.05) is 46.3 Å². The molecule has 0 spiro atoms. The third-order valence-corrected chi connectivity index (χ3v) is 2.98. The first-order chi connectivity index (χ1) is 5.38. The zero-order valence-corrected chi connectivity index (χ0v) is 7.79. The predicted octanol–water partition coefficient (Wildman–Crippen LogP) is 2.40. The lowest BCUT2D eigenvalue weighted by Gasteiger charge is -2.09. The SMILES string of the molecule is BrC(c1ccccc1)N1CC1. The summed E-state index contributed by atoms with van der Waals surface area (Å²) in [7, 11) is 0. The fourth-order valence-electron chi connectivity index (χ4n) is 1.11. The standard InChI is InChI=1S/C9H10BrN/c10-9(11-6-7-11)8-4-2-1-3-5-8/h1-5,9H,6-7H2. The normalized spacial score (nSPS) is 19.7. The van der Waals surface area contributed by atoms with Crippen molar-refractivity contribution in [1.82, 2.24) is 4.90 Å². The van der Waals surface area contributed by atoms with E-state index in [9.17, 15) is 0 Å². The van der Waals surface area contributed by atoms with E-state index in [2.05, 4.69) is 45.1 Å². The van der Waals surface area contributed by atoms with Crippen LogP contribution in [0, 0.1) is 0 Å². The van der Waals surface area contributed by atoms with Crippen LogP contribution in [-0.4, -0.2) is 18.0 Å². The van der Waals surface area contributed by atoms with E-state index < -0.39 is 0 Å². The van der Waals surface area contributed by atoms with Gasteiger partial charge in [0.25, 0.3) is 0 Å². The maximum Gasteiger partial charge on any atom is 0.0912 e. The Balaban J connectivity index is 2.15. The molecule has 1 saturated heterocycles. The van der Waals surface area contributed by atoms with Crippen molar-refractivity contribution < 1.29 is 0 Å². The average molecular weight is 212 g/mol. The van der Waals surface area contributed by atoms with Gasteiger partial charge >= 0.3 is 0 Å². The highest BCUT2D eigenvalue weighted by molar-refractivity contribution is 9.09. The molecule has 1 aliphatic heterocycles. The fraction of sp³-hybridized carbons (Fsp3) is 0.333. The number of alkyl halides is 1. The summed E-state index contributed by atoms with van der Waals surface area (Å²) in [6.45, 7) is 2.45. The summed E-state index contributed by atoms with van der Waals surface area (Å²) in [5.41, 5.74) is 1.35. The van der Waals surface area contributed by atoms with E-state index >= 15 is 0 Å². The summed E-state index contributed by atoms with van der Waals surface area (Å²) in [5.74, 6) is 0. The van der Waals surface area contributed by atoms with Gasteiger partial charge in [-0.3, -0.25) is 4.90 Å². The topological polar surface area (TPSA) is 3.01 Å². The third kappa shape index (κ3) is 1.63. The van der Waals surface area contributed by atoms with Gasteiger partial charge in [-0.2, -0.15) is 0 Å². The number of nitrogens with zero attached hydrogens (tertiary/aromatic N) is 1. The van der Waals surface area contributed by atoms with Crippen LogP contribution < -0.4 is 0 Å². The first-order valence-electron chi connectivity index (χ1n) is 3.81. The molecule has 1 aromatic rings. The van der Waals surface area contributed by atoms with Crippen molar-refractivity contribution in [3.63, 3.8) is 0 Å². The van der Waals surface area contributed by atoms with Crippen molar-refractivity contribution in [1.29, 1.82) is 0 Å². The zero-order chi connectivity index (χ0) is 7.68. The van der Waals surface area contributed by atoms with Crippen molar-refractivity contribution in [2.75, 3.05) is 13.1 Å². The average Bonchev–Trinajstić information content (AvgIpc) is 2.87. The molecule has 0 saturated carbocycles. The van der Waals surface area contributed by atoms with Crippen molar-refractivity contribution in [3.05, 3.63) is 35.9 Å². The van der Waals surface area contributed by atoms with Crippen LogP contribution in [0.2, 0.25) is 0 Å². The van der Waals surface area contributed by atoms with Crippen LogP contribution in [-0.2, 0) is 0 Å². The number of rotatable bonds is 2. The monoisotopic (exact) mass is 211 g/mol. The van der Waals surface area contributed by atoms with E-state index in [1.807, 2.05) is 6.07 Å². The molecule has 1 nitrogen and oxygen atoms in total. The lowest BCUT2D eigenvalue weighted by Crippen LogP contribution is -2.00. The number of hydrogen-bond acceptors (Lipinski definition) is 1. The maximum absolute atomic E-state index is 3.64. The van der Waals surface area contributed by atoms with Gasteiger partial charge in [-0.25, -0.2) is 0 Å². The Morgan fingerprint density at radius 2 is 1.82 bits per heavy atom. The molecule has 1 heterocycles. The lowest BCUT2D eigenvalue weighted by atomic mass is 10.2. The van der Waals surface area contributed by atoms with E-state index in [1.165, 1.54) is 18.7 Å². The van der Waals surface area contributed by atoms with Crippen molar-refractivity contribution in [3.8, 4) is 0 Å². The quantitative estimate of drug-likeness (QED) is 0.413. The molecule has 2 rings (SSSR count). The van der Waals surface area contributed by atoms with E-state index in [0.29, 0.717) is 4.95 Å². The number of halogens is 1. The van der Waals surface area contributed by atoms with Crippen LogP contribution >= 0.6 is 15.9 Å². The Labute approximate surface area is 75.1 Å². The molecule has 2 heteroatoms. The van der Waals surface area contributed by atoms with Gasteiger partial charge in [0, 0.05) is 13.1 Å². The Morgan fingerprint density at radius 3 is 2.36 bits per heavy atom. The molecule has 1 atom stereocenters. The molecule has 1 unspecified atom stereocenters. The van der Waals surface area contributed by atoms with Crippen LogP contribution in [0.25, 0.3) is 0 Å². The molecular formula is C9H10BrN. The molecule has 1 aromatic carbocycles. The second-order valence-electron chi connectivity index (χ2n) is 2.78. The van der Waals surface area contributed by atoms with Gasteiger partial charge in [0.2, 0.25) is 0 Å². The minimum absolute atomic E-state index is 0.434. The van der Waals surface area contributed by atoms with Crippen LogP contribution in [0.3, 0.4) is 0 Å². The van der Waals surface area contributed by atoms with Crippen molar-refractivity contribution >= 4 is 15.9 Å². The van der Waals surface area contributed by atoms with Gasteiger partial charge < -0.3 is 0 Å². The Bertz CT molecular complexity index is 231. The minimum atomic E-state index is 0.434. The molecule has 0 bridgehead atoms. The summed E-state index contributed by atoms with van der Waals surface area (Å²) < 4.78 is 0. The Kier molecular flexibility index (Phi) is 1.96. The summed E-state index contributed by atoms with van der Waals surface area (Å²) in [4.78, 5) is 2.80. The van der Waals surface area contributed by atoms with Crippen LogP contribution in [0.4, 0.5) is 0 Å². The molecule has 0 radical (unpaired) electrons. The van der Waals surface area contributed by atoms with E-state index in [-0.39, 0.29) is 0 Å². The molecule has 0 aliphatic carbocycles. The summed E-state index contributed by atoms with van der Waals surface area (Å²) >= 11 is 3.64. The molecule has 11 heavy (non-hydrogen) atoms. The highest BCUT2D eigenvalue weighted by Gasteiger charge is 2.25. The van der Waals surface area contributed by atoms with E-state index in [4.69, 9.17) is 0 Å². The van der Waals surface area contributed by atoms with Gasteiger partial charge in [0.15, 0.2) is 0 Å². The molecule has 0 N–H and O–H groups in total. The third-order valence-electron chi connectivity index (χ3n) is 1.88. The van der Waals surface area contributed by atoms with Crippen molar-refractivity contribution in [2.24, 2.45) is 0 Å². The smallest absolute Gasteiger partial charge is 0.0912 e. The Hall–Kier alpha value is -0.340. The second kappa shape index (κ2) is 2.95. The molecule has 1 fully saturated rings.